The standard InChI is InChI=1S/C17H18N2O2/c1-11-14-10-13(17(20)21)7-8-15(14)19-16(18-11)9-12-5-3-2-4-6-12/h2-6,13H,7-10H2,1H3,(H,20,21). The number of benzene rings is 1. The lowest BCUT2D eigenvalue weighted by atomic mass is 9.86. The third-order valence-electron chi connectivity index (χ3n) is 4.08. The zero-order valence-electron chi connectivity index (χ0n) is 12.0. The summed E-state index contributed by atoms with van der Waals surface area (Å²) >= 11 is 0. The first kappa shape index (κ1) is 13.7. The van der Waals surface area contributed by atoms with Gasteiger partial charge in [-0.1, -0.05) is 30.3 Å². The summed E-state index contributed by atoms with van der Waals surface area (Å²) in [6.45, 7) is 1.96. The summed E-state index contributed by atoms with van der Waals surface area (Å²) in [4.78, 5) is 20.4. The lowest BCUT2D eigenvalue weighted by Gasteiger charge is -2.22. The quantitative estimate of drug-likeness (QED) is 0.939. The molecule has 0 saturated carbocycles. The van der Waals surface area contributed by atoms with Crippen molar-refractivity contribution < 1.29 is 9.90 Å². The van der Waals surface area contributed by atoms with Gasteiger partial charge in [0.25, 0.3) is 0 Å². The highest BCUT2D eigenvalue weighted by Crippen LogP contribution is 2.26. The van der Waals surface area contributed by atoms with E-state index in [1.165, 1.54) is 5.56 Å². The first-order valence-corrected chi connectivity index (χ1v) is 7.25. The van der Waals surface area contributed by atoms with E-state index >= 15 is 0 Å². The van der Waals surface area contributed by atoms with E-state index in [2.05, 4.69) is 22.1 Å². The summed E-state index contributed by atoms with van der Waals surface area (Å²) in [5, 5.41) is 9.16. The Bertz CT molecular complexity index is 668. The minimum atomic E-state index is -0.714. The molecule has 1 atom stereocenters. The molecule has 0 bridgehead atoms. The van der Waals surface area contributed by atoms with E-state index in [1.54, 1.807) is 0 Å². The summed E-state index contributed by atoms with van der Waals surface area (Å²) < 4.78 is 0. The molecule has 1 aliphatic rings. The zero-order valence-corrected chi connectivity index (χ0v) is 12.0. The van der Waals surface area contributed by atoms with Gasteiger partial charge in [-0.25, -0.2) is 9.97 Å². The maximum absolute atomic E-state index is 11.1. The number of nitrogens with zero attached hydrogens (tertiary/aromatic N) is 2. The monoisotopic (exact) mass is 282 g/mol. The number of carbonyl (C=O) groups is 1. The molecule has 1 aromatic carbocycles. The second-order valence-electron chi connectivity index (χ2n) is 5.59. The normalized spacial score (nSPS) is 17.3. The van der Waals surface area contributed by atoms with E-state index in [0.717, 1.165) is 35.6 Å². The number of carboxylic acids is 1. The molecule has 2 aromatic rings. The van der Waals surface area contributed by atoms with Crippen molar-refractivity contribution in [2.45, 2.75) is 32.6 Å². The molecule has 0 fully saturated rings. The lowest BCUT2D eigenvalue weighted by Crippen LogP contribution is -2.24. The van der Waals surface area contributed by atoms with E-state index < -0.39 is 5.97 Å². The predicted octanol–water partition coefficient (Wildman–Crippen LogP) is 2.57. The van der Waals surface area contributed by atoms with Gasteiger partial charge in [-0.2, -0.15) is 0 Å². The molecule has 21 heavy (non-hydrogen) atoms. The van der Waals surface area contributed by atoms with Crippen LogP contribution in [-0.4, -0.2) is 21.0 Å². The maximum atomic E-state index is 11.1. The Kier molecular flexibility index (Phi) is 3.69. The van der Waals surface area contributed by atoms with Gasteiger partial charge in [-0.15, -0.1) is 0 Å². The van der Waals surface area contributed by atoms with Gasteiger partial charge in [0, 0.05) is 17.8 Å². The van der Waals surface area contributed by atoms with E-state index in [4.69, 9.17) is 5.11 Å². The average molecular weight is 282 g/mol. The Morgan fingerprint density at radius 1 is 1.29 bits per heavy atom. The second kappa shape index (κ2) is 5.64. The number of aliphatic carboxylic acids is 1. The largest absolute Gasteiger partial charge is 0.481 e. The van der Waals surface area contributed by atoms with Crippen LogP contribution in [0.2, 0.25) is 0 Å². The Morgan fingerprint density at radius 2 is 2.05 bits per heavy atom. The van der Waals surface area contributed by atoms with Crippen LogP contribution < -0.4 is 0 Å². The molecule has 108 valence electrons. The molecular formula is C17H18N2O2. The summed E-state index contributed by atoms with van der Waals surface area (Å²) in [5.41, 5.74) is 4.18. The Balaban J connectivity index is 1.87. The van der Waals surface area contributed by atoms with Gasteiger partial charge in [0.15, 0.2) is 0 Å². The van der Waals surface area contributed by atoms with Gasteiger partial charge in [0.2, 0.25) is 0 Å². The Labute approximate surface area is 123 Å². The molecule has 4 nitrogen and oxygen atoms in total. The van der Waals surface area contributed by atoms with E-state index in [1.807, 2.05) is 25.1 Å². The molecule has 1 aliphatic carbocycles. The SMILES string of the molecule is Cc1nc(Cc2ccccc2)nc2c1CC(C(=O)O)CC2. The molecule has 3 rings (SSSR count). The first-order valence-electron chi connectivity index (χ1n) is 7.25. The van der Waals surface area contributed by atoms with Crippen LogP contribution in [0.25, 0.3) is 0 Å². The van der Waals surface area contributed by atoms with E-state index in [0.29, 0.717) is 12.8 Å². The number of hydrogen-bond donors (Lipinski definition) is 1. The van der Waals surface area contributed by atoms with Gasteiger partial charge in [-0.3, -0.25) is 4.79 Å². The molecule has 0 spiro atoms. The summed E-state index contributed by atoms with van der Waals surface area (Å²) in [5.74, 6) is -0.181. The third kappa shape index (κ3) is 2.94. The highest BCUT2D eigenvalue weighted by atomic mass is 16.4. The first-order chi connectivity index (χ1) is 10.1. The van der Waals surface area contributed by atoms with Crippen LogP contribution in [0, 0.1) is 12.8 Å². The number of carboxylic acid groups (broad SMARTS) is 1. The van der Waals surface area contributed by atoms with Gasteiger partial charge < -0.3 is 5.11 Å². The molecule has 0 aliphatic heterocycles. The highest BCUT2D eigenvalue weighted by Gasteiger charge is 2.27. The van der Waals surface area contributed by atoms with Crippen molar-refractivity contribution in [3.63, 3.8) is 0 Å². The van der Waals surface area contributed by atoms with Gasteiger partial charge in [0.1, 0.15) is 5.82 Å². The van der Waals surface area contributed by atoms with E-state index in [9.17, 15) is 4.79 Å². The van der Waals surface area contributed by atoms with Gasteiger partial charge >= 0.3 is 5.97 Å². The van der Waals surface area contributed by atoms with Crippen LogP contribution in [0.1, 0.15) is 34.8 Å². The lowest BCUT2D eigenvalue weighted by molar-refractivity contribution is -0.142. The number of fused-ring (bicyclic) bond motifs is 1. The number of rotatable bonds is 3. The molecule has 0 amide bonds. The summed E-state index contributed by atoms with van der Waals surface area (Å²) in [7, 11) is 0. The van der Waals surface area contributed by atoms with Crippen LogP contribution >= 0.6 is 0 Å². The average Bonchev–Trinajstić information content (AvgIpc) is 2.48. The molecule has 0 radical (unpaired) electrons. The fourth-order valence-corrected chi connectivity index (χ4v) is 2.92. The summed E-state index contributed by atoms with van der Waals surface area (Å²) in [6.07, 6.45) is 2.68. The van der Waals surface area contributed by atoms with E-state index in [-0.39, 0.29) is 5.92 Å². The van der Waals surface area contributed by atoms with Crippen molar-refractivity contribution in [3.8, 4) is 0 Å². The Morgan fingerprint density at radius 3 is 2.76 bits per heavy atom. The predicted molar refractivity (Wildman–Crippen MR) is 79.2 cm³/mol. The van der Waals surface area contributed by atoms with Crippen molar-refractivity contribution in [2.75, 3.05) is 0 Å². The number of aryl methyl sites for hydroxylation is 2. The molecule has 1 unspecified atom stereocenters. The van der Waals surface area contributed by atoms with Crippen LogP contribution in [0.5, 0.6) is 0 Å². The minimum absolute atomic E-state index is 0.292. The van der Waals surface area contributed by atoms with Crippen LogP contribution in [0.15, 0.2) is 30.3 Å². The smallest absolute Gasteiger partial charge is 0.306 e. The topological polar surface area (TPSA) is 63.1 Å². The van der Waals surface area contributed by atoms with Crippen LogP contribution in [-0.2, 0) is 24.1 Å². The van der Waals surface area contributed by atoms with Crippen molar-refractivity contribution in [2.24, 2.45) is 5.92 Å². The van der Waals surface area contributed by atoms with Gasteiger partial charge in [0.05, 0.1) is 5.92 Å². The molecular weight excluding hydrogens is 264 g/mol. The minimum Gasteiger partial charge on any atom is -0.481 e. The molecule has 1 aromatic heterocycles. The van der Waals surface area contributed by atoms with Crippen molar-refractivity contribution in [3.05, 3.63) is 58.7 Å². The fourth-order valence-electron chi connectivity index (χ4n) is 2.92. The van der Waals surface area contributed by atoms with Gasteiger partial charge in [-0.05, 0) is 37.3 Å². The molecule has 1 heterocycles. The molecule has 0 saturated heterocycles. The molecule has 4 heteroatoms. The van der Waals surface area contributed by atoms with Crippen molar-refractivity contribution in [1.29, 1.82) is 0 Å². The highest BCUT2D eigenvalue weighted by molar-refractivity contribution is 5.71. The number of aromatic nitrogens is 2. The van der Waals surface area contributed by atoms with Crippen LogP contribution in [0.4, 0.5) is 0 Å². The third-order valence-corrected chi connectivity index (χ3v) is 4.08. The second-order valence-corrected chi connectivity index (χ2v) is 5.59. The number of hydrogen-bond acceptors (Lipinski definition) is 3. The molecule has 1 N–H and O–H groups in total. The summed E-state index contributed by atoms with van der Waals surface area (Å²) in [6, 6.07) is 10.2. The maximum Gasteiger partial charge on any atom is 0.306 e. The van der Waals surface area contributed by atoms with Crippen molar-refractivity contribution in [1.82, 2.24) is 9.97 Å². The zero-order chi connectivity index (χ0) is 14.8. The van der Waals surface area contributed by atoms with Crippen LogP contribution in [0.3, 0.4) is 0 Å². The fraction of sp³-hybridized carbons (Fsp3) is 0.353. The Hall–Kier alpha value is -2.23. The van der Waals surface area contributed by atoms with Crippen molar-refractivity contribution >= 4 is 5.97 Å².